The van der Waals surface area contributed by atoms with Crippen LogP contribution in [0.3, 0.4) is 0 Å². The minimum Gasteiger partial charge on any atom is -0.457 e. The zero-order valence-corrected chi connectivity index (χ0v) is 14.0. The van der Waals surface area contributed by atoms with E-state index in [9.17, 15) is 9.65 Å². The molecule has 2 heterocycles. The summed E-state index contributed by atoms with van der Waals surface area (Å²) in [6.45, 7) is 0. The van der Waals surface area contributed by atoms with Crippen LogP contribution in [0, 0.1) is 17.1 Å². The van der Waals surface area contributed by atoms with Gasteiger partial charge in [-0.2, -0.15) is 5.26 Å². The molecule has 0 spiro atoms. The lowest BCUT2D eigenvalue weighted by atomic mass is 10.1. The molecule has 2 aromatic heterocycles. The summed E-state index contributed by atoms with van der Waals surface area (Å²) in [5.74, 6) is 1.08. The zero-order valence-electron chi connectivity index (χ0n) is 14.0. The summed E-state index contributed by atoms with van der Waals surface area (Å²) >= 11 is 0. The number of imidazole rings is 1. The van der Waals surface area contributed by atoms with Crippen LogP contribution in [0.15, 0.2) is 65.1 Å². The summed E-state index contributed by atoms with van der Waals surface area (Å²) in [4.78, 5) is 4.53. The van der Waals surface area contributed by atoms with Gasteiger partial charge >= 0.3 is 0 Å². The molecule has 4 aromatic rings. The zero-order chi connectivity index (χ0) is 18.1. The fourth-order valence-corrected chi connectivity index (χ4v) is 2.91. The van der Waals surface area contributed by atoms with Gasteiger partial charge in [-0.05, 0) is 36.4 Å². The van der Waals surface area contributed by atoms with Crippen molar-refractivity contribution in [3.63, 3.8) is 0 Å². The predicted molar refractivity (Wildman–Crippen MR) is 98.3 cm³/mol. The molecule has 2 aromatic carbocycles. The molecular weight excluding hydrogens is 329 g/mol. The highest BCUT2D eigenvalue weighted by Crippen LogP contribution is 2.27. The van der Waals surface area contributed by atoms with Gasteiger partial charge in [0.1, 0.15) is 23.4 Å². The Morgan fingerprint density at radius 1 is 1.12 bits per heavy atom. The first-order chi connectivity index (χ1) is 12.7. The highest BCUT2D eigenvalue weighted by molar-refractivity contribution is 5.90. The molecule has 0 N–H and O–H groups in total. The molecule has 5 heteroatoms. The standard InChI is InChI=1S/C21H14FN3O/c1-25-19-9-5-4-8-18(19)24-21(25)14(13-23)12-15-10-11-20(26-15)16-6-2-3-7-17(16)22/h2-12H,1H3. The van der Waals surface area contributed by atoms with Crippen molar-refractivity contribution >= 4 is 22.7 Å². The summed E-state index contributed by atoms with van der Waals surface area (Å²) in [5, 5.41) is 9.59. The van der Waals surface area contributed by atoms with E-state index in [1.807, 2.05) is 35.9 Å². The lowest BCUT2D eigenvalue weighted by Crippen LogP contribution is -1.95. The van der Waals surface area contributed by atoms with Crippen molar-refractivity contribution in [1.82, 2.24) is 9.55 Å². The van der Waals surface area contributed by atoms with Crippen LogP contribution in [0.4, 0.5) is 4.39 Å². The van der Waals surface area contributed by atoms with Gasteiger partial charge in [0.05, 0.1) is 22.2 Å². The number of aryl methyl sites for hydroxylation is 1. The number of fused-ring (bicyclic) bond motifs is 1. The molecule has 0 atom stereocenters. The lowest BCUT2D eigenvalue weighted by Gasteiger charge is -2.00. The number of halogens is 1. The Kier molecular flexibility index (Phi) is 3.86. The third kappa shape index (κ3) is 2.68. The van der Waals surface area contributed by atoms with Gasteiger partial charge in [-0.1, -0.05) is 24.3 Å². The van der Waals surface area contributed by atoms with Crippen LogP contribution in [0.5, 0.6) is 0 Å². The molecule has 0 aliphatic carbocycles. The van der Waals surface area contributed by atoms with Gasteiger partial charge < -0.3 is 8.98 Å². The van der Waals surface area contributed by atoms with E-state index in [1.54, 1.807) is 36.4 Å². The summed E-state index contributed by atoms with van der Waals surface area (Å²) < 4.78 is 21.5. The largest absolute Gasteiger partial charge is 0.457 e. The Hall–Kier alpha value is -3.65. The molecule has 126 valence electrons. The fraction of sp³-hybridized carbons (Fsp3) is 0.0476. The molecule has 0 aliphatic heterocycles. The highest BCUT2D eigenvalue weighted by Gasteiger charge is 2.13. The first-order valence-electron chi connectivity index (χ1n) is 8.06. The Labute approximate surface area is 149 Å². The first-order valence-corrected chi connectivity index (χ1v) is 8.06. The number of furan rings is 1. The van der Waals surface area contributed by atoms with Crippen molar-refractivity contribution in [1.29, 1.82) is 5.26 Å². The van der Waals surface area contributed by atoms with E-state index in [4.69, 9.17) is 4.42 Å². The molecule has 0 amide bonds. The van der Waals surface area contributed by atoms with Gasteiger partial charge in [-0.15, -0.1) is 0 Å². The average Bonchev–Trinajstić information content (AvgIpc) is 3.25. The first kappa shape index (κ1) is 15.9. The molecule has 0 bridgehead atoms. The van der Waals surface area contributed by atoms with E-state index in [0.29, 0.717) is 28.5 Å². The molecule has 0 saturated heterocycles. The second-order valence-corrected chi connectivity index (χ2v) is 5.83. The lowest BCUT2D eigenvalue weighted by molar-refractivity contribution is 0.561. The molecule has 0 fully saturated rings. The van der Waals surface area contributed by atoms with Crippen LogP contribution in [-0.4, -0.2) is 9.55 Å². The summed E-state index contributed by atoms with van der Waals surface area (Å²) in [6, 6.07) is 19.7. The van der Waals surface area contributed by atoms with E-state index in [0.717, 1.165) is 11.0 Å². The molecule has 0 radical (unpaired) electrons. The number of rotatable bonds is 3. The number of para-hydroxylation sites is 2. The number of allylic oxidation sites excluding steroid dienone is 1. The van der Waals surface area contributed by atoms with E-state index >= 15 is 0 Å². The van der Waals surface area contributed by atoms with Gasteiger partial charge in [-0.3, -0.25) is 0 Å². The second kappa shape index (κ2) is 6.34. The maximum absolute atomic E-state index is 13.9. The van der Waals surface area contributed by atoms with Crippen LogP contribution in [-0.2, 0) is 7.05 Å². The number of nitrogens with zero attached hydrogens (tertiary/aromatic N) is 3. The van der Waals surface area contributed by atoms with Crippen LogP contribution >= 0.6 is 0 Å². The third-order valence-corrected chi connectivity index (χ3v) is 4.20. The average molecular weight is 343 g/mol. The highest BCUT2D eigenvalue weighted by atomic mass is 19.1. The van der Waals surface area contributed by atoms with Crippen LogP contribution in [0.1, 0.15) is 11.6 Å². The maximum Gasteiger partial charge on any atom is 0.151 e. The van der Waals surface area contributed by atoms with E-state index < -0.39 is 0 Å². The summed E-state index contributed by atoms with van der Waals surface area (Å²) in [6.07, 6.45) is 1.62. The van der Waals surface area contributed by atoms with E-state index in [-0.39, 0.29) is 5.82 Å². The molecule has 0 unspecified atom stereocenters. The van der Waals surface area contributed by atoms with Crippen LogP contribution in [0.2, 0.25) is 0 Å². The molecule has 4 rings (SSSR count). The van der Waals surface area contributed by atoms with Crippen molar-refractivity contribution in [3.05, 3.63) is 78.1 Å². The second-order valence-electron chi connectivity index (χ2n) is 5.83. The SMILES string of the molecule is Cn1c(C(C#N)=Cc2ccc(-c3ccccc3F)o2)nc2ccccc21. The van der Waals surface area contributed by atoms with Crippen LogP contribution in [0.25, 0.3) is 34.0 Å². The third-order valence-electron chi connectivity index (χ3n) is 4.20. The van der Waals surface area contributed by atoms with Gasteiger partial charge in [0.25, 0.3) is 0 Å². The Bertz CT molecular complexity index is 1180. The number of hydrogen-bond acceptors (Lipinski definition) is 3. The molecular formula is C21H14FN3O. The quantitative estimate of drug-likeness (QED) is 0.490. The number of hydrogen-bond donors (Lipinski definition) is 0. The topological polar surface area (TPSA) is 54.8 Å². The van der Waals surface area contributed by atoms with Gasteiger partial charge in [0.2, 0.25) is 0 Å². The number of aromatic nitrogens is 2. The van der Waals surface area contributed by atoms with Gasteiger partial charge in [-0.25, -0.2) is 9.37 Å². The minimum absolute atomic E-state index is 0.353. The van der Waals surface area contributed by atoms with Crippen molar-refractivity contribution in [2.45, 2.75) is 0 Å². The monoisotopic (exact) mass is 343 g/mol. The molecule has 0 saturated carbocycles. The maximum atomic E-state index is 13.9. The van der Waals surface area contributed by atoms with Crippen molar-refractivity contribution in [3.8, 4) is 17.4 Å². The van der Waals surface area contributed by atoms with Gasteiger partial charge in [0.15, 0.2) is 5.82 Å². The smallest absolute Gasteiger partial charge is 0.151 e. The molecule has 4 nitrogen and oxygen atoms in total. The predicted octanol–water partition coefficient (Wildman–Crippen LogP) is 5.04. The summed E-state index contributed by atoms with van der Waals surface area (Å²) in [5.41, 5.74) is 2.51. The van der Waals surface area contributed by atoms with Crippen molar-refractivity contribution in [2.75, 3.05) is 0 Å². The van der Waals surface area contributed by atoms with E-state index in [1.165, 1.54) is 6.07 Å². The Morgan fingerprint density at radius 2 is 1.88 bits per heavy atom. The Balaban J connectivity index is 1.76. The summed E-state index contributed by atoms with van der Waals surface area (Å²) in [7, 11) is 1.86. The van der Waals surface area contributed by atoms with Crippen LogP contribution < -0.4 is 0 Å². The van der Waals surface area contributed by atoms with Crippen molar-refractivity contribution in [2.24, 2.45) is 7.05 Å². The minimum atomic E-state index is -0.353. The fourth-order valence-electron chi connectivity index (χ4n) is 2.91. The van der Waals surface area contributed by atoms with Gasteiger partial charge in [0, 0.05) is 13.1 Å². The molecule has 0 aliphatic rings. The number of benzene rings is 2. The van der Waals surface area contributed by atoms with Crippen molar-refractivity contribution < 1.29 is 8.81 Å². The normalized spacial score (nSPS) is 11.7. The molecule has 26 heavy (non-hydrogen) atoms. The Morgan fingerprint density at radius 3 is 2.65 bits per heavy atom. The number of nitriles is 1. The van der Waals surface area contributed by atoms with E-state index in [2.05, 4.69) is 11.1 Å².